The first kappa shape index (κ1) is 21.9. The largest absolute Gasteiger partial charge is 0.494 e. The second-order valence-electron chi connectivity index (χ2n) is 7.67. The minimum absolute atomic E-state index is 0.133. The maximum absolute atomic E-state index is 13.5. The number of benzene rings is 1. The van der Waals surface area contributed by atoms with Crippen LogP contribution in [0.1, 0.15) is 50.4 Å². The zero-order chi connectivity index (χ0) is 22.7. The lowest BCUT2D eigenvalue weighted by atomic mass is 9.93. The Hall–Kier alpha value is -3.30. The molecule has 170 valence electrons. The Balaban J connectivity index is 1.45. The Labute approximate surface area is 184 Å². The van der Waals surface area contributed by atoms with Crippen molar-refractivity contribution in [3.05, 3.63) is 48.0 Å². The van der Waals surface area contributed by atoms with Gasteiger partial charge in [-0.15, -0.1) is 0 Å². The zero-order valence-corrected chi connectivity index (χ0v) is 17.9. The summed E-state index contributed by atoms with van der Waals surface area (Å²) < 4.78 is 39.3. The van der Waals surface area contributed by atoms with Gasteiger partial charge in [-0.1, -0.05) is 0 Å². The molecule has 1 aliphatic heterocycles. The lowest BCUT2D eigenvalue weighted by molar-refractivity contribution is -0.139. The van der Waals surface area contributed by atoms with E-state index in [0.717, 1.165) is 23.1 Å². The maximum atomic E-state index is 13.5. The summed E-state index contributed by atoms with van der Waals surface area (Å²) in [7, 11) is 0. The van der Waals surface area contributed by atoms with E-state index in [2.05, 4.69) is 15.1 Å². The van der Waals surface area contributed by atoms with E-state index in [1.807, 2.05) is 6.92 Å². The summed E-state index contributed by atoms with van der Waals surface area (Å²) in [5.41, 5.74) is 0.247. The average Bonchev–Trinajstić information content (AvgIpc) is 3.28. The first-order valence-electron chi connectivity index (χ1n) is 10.6. The number of piperidine rings is 1. The fourth-order valence-electron chi connectivity index (χ4n) is 3.93. The number of fused-ring (bicyclic) bond motifs is 1. The second kappa shape index (κ2) is 9.46. The molecule has 3 heterocycles. The van der Waals surface area contributed by atoms with Crippen LogP contribution in [0.4, 0.5) is 8.78 Å². The molecule has 0 aliphatic carbocycles. The Kier molecular flexibility index (Phi) is 6.48. The molecule has 1 aromatic carbocycles. The van der Waals surface area contributed by atoms with Crippen LogP contribution in [0.25, 0.3) is 5.78 Å². The van der Waals surface area contributed by atoms with Crippen LogP contribution < -0.4 is 9.47 Å². The van der Waals surface area contributed by atoms with Gasteiger partial charge in [0.15, 0.2) is 6.10 Å². The third-order valence-electron chi connectivity index (χ3n) is 5.47. The maximum Gasteiger partial charge on any atom is 0.280 e. The van der Waals surface area contributed by atoms with E-state index in [4.69, 9.17) is 9.47 Å². The van der Waals surface area contributed by atoms with Crippen LogP contribution in [0, 0.1) is 0 Å². The molecule has 1 amide bonds. The van der Waals surface area contributed by atoms with Crippen molar-refractivity contribution in [1.82, 2.24) is 24.5 Å². The van der Waals surface area contributed by atoms with Crippen LogP contribution >= 0.6 is 0 Å². The van der Waals surface area contributed by atoms with Gasteiger partial charge in [-0.3, -0.25) is 4.79 Å². The Morgan fingerprint density at radius 1 is 1.25 bits per heavy atom. The number of hydrogen-bond donors (Lipinski definition) is 0. The average molecular weight is 445 g/mol. The molecule has 2 atom stereocenters. The lowest BCUT2D eigenvalue weighted by Gasteiger charge is -2.34. The quantitative estimate of drug-likeness (QED) is 0.552. The van der Waals surface area contributed by atoms with Crippen LogP contribution in [-0.4, -0.2) is 56.2 Å². The van der Waals surface area contributed by atoms with Crippen LogP contribution in [-0.2, 0) is 4.79 Å². The van der Waals surface area contributed by atoms with Gasteiger partial charge in [0.1, 0.15) is 23.5 Å². The highest BCUT2D eigenvalue weighted by molar-refractivity contribution is 5.81. The molecule has 1 aliphatic rings. The van der Waals surface area contributed by atoms with Crippen molar-refractivity contribution in [3.63, 3.8) is 0 Å². The molecule has 0 N–H and O–H groups in total. The van der Waals surface area contributed by atoms with E-state index in [-0.39, 0.29) is 23.3 Å². The number of nitrogens with zero attached hydrogens (tertiary/aromatic N) is 5. The monoisotopic (exact) mass is 445 g/mol. The molecule has 0 saturated carbocycles. The molecule has 32 heavy (non-hydrogen) atoms. The van der Waals surface area contributed by atoms with E-state index < -0.39 is 12.5 Å². The van der Waals surface area contributed by atoms with Crippen molar-refractivity contribution in [3.8, 4) is 11.5 Å². The van der Waals surface area contributed by atoms with Gasteiger partial charge < -0.3 is 14.4 Å². The van der Waals surface area contributed by atoms with Gasteiger partial charge in [0.2, 0.25) is 0 Å². The highest BCUT2D eigenvalue weighted by Gasteiger charge is 2.30. The minimum atomic E-state index is -2.70. The molecule has 0 spiro atoms. The van der Waals surface area contributed by atoms with E-state index >= 15 is 0 Å². The number of amides is 1. The third-order valence-corrected chi connectivity index (χ3v) is 5.47. The molecule has 4 rings (SSSR count). The highest BCUT2D eigenvalue weighted by atomic mass is 19.3. The number of ether oxygens (including phenoxy) is 2. The molecule has 10 heteroatoms. The molecular formula is C22H25F2N5O3. The van der Waals surface area contributed by atoms with E-state index in [1.165, 1.54) is 12.4 Å². The minimum Gasteiger partial charge on any atom is -0.494 e. The molecule has 2 aromatic heterocycles. The highest BCUT2D eigenvalue weighted by Crippen LogP contribution is 2.29. The van der Waals surface area contributed by atoms with E-state index in [0.29, 0.717) is 31.1 Å². The Morgan fingerprint density at radius 2 is 2.00 bits per heavy atom. The van der Waals surface area contributed by atoms with E-state index in [9.17, 15) is 13.6 Å². The molecule has 3 aromatic rings. The van der Waals surface area contributed by atoms with Gasteiger partial charge in [0.05, 0.1) is 12.3 Å². The van der Waals surface area contributed by atoms with Gasteiger partial charge >= 0.3 is 0 Å². The number of hydrogen-bond acceptors (Lipinski definition) is 6. The first-order chi connectivity index (χ1) is 15.5. The fourth-order valence-corrected chi connectivity index (χ4v) is 3.93. The van der Waals surface area contributed by atoms with Crippen LogP contribution in [0.15, 0.2) is 36.7 Å². The molecule has 8 nitrogen and oxygen atoms in total. The number of carbonyl (C=O) groups is 1. The van der Waals surface area contributed by atoms with Crippen molar-refractivity contribution in [2.45, 2.75) is 45.1 Å². The zero-order valence-electron chi connectivity index (χ0n) is 17.9. The summed E-state index contributed by atoms with van der Waals surface area (Å²) in [6.07, 6.45) is -0.692. The molecule has 1 saturated heterocycles. The van der Waals surface area contributed by atoms with Crippen LogP contribution in [0.5, 0.6) is 11.5 Å². The van der Waals surface area contributed by atoms with Gasteiger partial charge in [-0.25, -0.2) is 13.8 Å². The number of carbonyl (C=O) groups excluding carboxylic acids is 1. The summed E-state index contributed by atoms with van der Waals surface area (Å²) in [5.74, 6) is 1.13. The van der Waals surface area contributed by atoms with Gasteiger partial charge in [-0.05, 0) is 57.0 Å². The molecule has 1 fully saturated rings. The van der Waals surface area contributed by atoms with Gasteiger partial charge in [-0.2, -0.15) is 14.6 Å². The third kappa shape index (κ3) is 4.63. The van der Waals surface area contributed by atoms with Crippen molar-refractivity contribution >= 4 is 11.7 Å². The fraction of sp³-hybridized carbons (Fsp3) is 0.455. The molecular weight excluding hydrogens is 420 g/mol. The molecule has 0 unspecified atom stereocenters. The van der Waals surface area contributed by atoms with Gasteiger partial charge in [0.25, 0.3) is 18.1 Å². The standard InChI is InChI=1S/C22H25F2N5O3/c1-3-31-16-6-8-17(9-7-16)32-14(2)21(30)28-10-4-5-15(12-28)18-11-19(20(23)24)29-22(27-18)25-13-26-29/h6-9,11,13-15,20H,3-5,10,12H2,1-2H3/t14-,15-/m0/s1. The predicted molar refractivity (Wildman–Crippen MR) is 112 cm³/mol. The van der Waals surface area contributed by atoms with Crippen LogP contribution in [0.3, 0.4) is 0 Å². The number of alkyl halides is 2. The second-order valence-corrected chi connectivity index (χ2v) is 7.67. The number of likely N-dealkylation sites (tertiary alicyclic amines) is 1. The lowest BCUT2D eigenvalue weighted by Crippen LogP contribution is -2.45. The number of aromatic nitrogens is 4. The SMILES string of the molecule is CCOc1ccc(O[C@@H](C)C(=O)N2CCC[C@H](c3cc(C(F)F)n4ncnc4n3)C2)cc1. The Bertz CT molecular complexity index is 1070. The van der Waals surface area contributed by atoms with Crippen molar-refractivity contribution in [2.24, 2.45) is 0 Å². The van der Waals surface area contributed by atoms with Gasteiger partial charge in [0, 0.05) is 19.0 Å². The topological polar surface area (TPSA) is 81.9 Å². The number of halogens is 2. The van der Waals surface area contributed by atoms with Crippen molar-refractivity contribution in [1.29, 1.82) is 0 Å². The number of rotatable bonds is 7. The summed E-state index contributed by atoms with van der Waals surface area (Å²) in [6, 6.07) is 8.47. The Morgan fingerprint density at radius 3 is 2.72 bits per heavy atom. The molecule has 0 bridgehead atoms. The summed E-state index contributed by atoms with van der Waals surface area (Å²) in [6.45, 7) is 5.16. The smallest absolute Gasteiger partial charge is 0.280 e. The summed E-state index contributed by atoms with van der Waals surface area (Å²) in [4.78, 5) is 23.1. The van der Waals surface area contributed by atoms with E-state index in [1.54, 1.807) is 36.1 Å². The first-order valence-corrected chi connectivity index (χ1v) is 10.6. The van der Waals surface area contributed by atoms with Crippen LogP contribution in [0.2, 0.25) is 0 Å². The predicted octanol–water partition coefficient (Wildman–Crippen LogP) is 3.63. The summed E-state index contributed by atoms with van der Waals surface area (Å²) >= 11 is 0. The normalized spacial score (nSPS) is 17.5. The van der Waals surface area contributed by atoms with Crippen molar-refractivity contribution < 1.29 is 23.0 Å². The summed E-state index contributed by atoms with van der Waals surface area (Å²) in [5, 5.41) is 3.82. The molecule has 0 radical (unpaired) electrons. The van der Waals surface area contributed by atoms with Crippen molar-refractivity contribution in [2.75, 3.05) is 19.7 Å².